The van der Waals surface area contributed by atoms with Gasteiger partial charge in [-0.15, -0.1) is 0 Å². The van der Waals surface area contributed by atoms with Gasteiger partial charge in [-0.05, 0) is 24.6 Å². The number of nitrogens with one attached hydrogen (secondary N) is 1. The molecule has 1 aromatic carbocycles. The lowest BCUT2D eigenvalue weighted by molar-refractivity contribution is -0.310. The van der Waals surface area contributed by atoms with Crippen molar-refractivity contribution < 1.29 is 28.8 Å². The summed E-state index contributed by atoms with van der Waals surface area (Å²) in [4.78, 5) is 12.8. The first-order valence-corrected chi connectivity index (χ1v) is 9.24. The molecule has 3 heterocycles. The van der Waals surface area contributed by atoms with E-state index in [0.29, 0.717) is 42.4 Å². The van der Waals surface area contributed by atoms with Crippen LogP contribution in [0.25, 0.3) is 5.57 Å². The summed E-state index contributed by atoms with van der Waals surface area (Å²) in [6, 6.07) is 3.34. The molecule has 0 radical (unpaired) electrons. The Bertz CT molecular complexity index is 805. The highest BCUT2D eigenvalue weighted by molar-refractivity contribution is 6.31. The van der Waals surface area contributed by atoms with E-state index in [1.165, 1.54) is 7.11 Å². The summed E-state index contributed by atoms with van der Waals surface area (Å²) in [5.41, 5.74) is 0.301. The predicted molar refractivity (Wildman–Crippen MR) is 97.9 cm³/mol. The van der Waals surface area contributed by atoms with Gasteiger partial charge in [-0.25, -0.2) is 0 Å². The Morgan fingerprint density at radius 1 is 1.22 bits per heavy atom. The number of aliphatic hydroxyl groups excluding tert-OH is 1. The van der Waals surface area contributed by atoms with Crippen molar-refractivity contribution in [2.24, 2.45) is 0 Å². The molecule has 2 spiro atoms. The summed E-state index contributed by atoms with van der Waals surface area (Å²) in [5.74, 6) is -0.776. The third kappa shape index (κ3) is 2.99. The molecule has 3 aliphatic rings. The van der Waals surface area contributed by atoms with Crippen LogP contribution in [0.3, 0.4) is 0 Å². The maximum atomic E-state index is 12.8. The van der Waals surface area contributed by atoms with Gasteiger partial charge in [0.25, 0.3) is 5.91 Å². The van der Waals surface area contributed by atoms with E-state index in [1.54, 1.807) is 12.1 Å². The average molecular weight is 396 g/mol. The average Bonchev–Trinajstić information content (AvgIpc) is 2.89. The summed E-state index contributed by atoms with van der Waals surface area (Å²) < 4.78 is 22.7. The molecule has 2 fully saturated rings. The first-order valence-electron chi connectivity index (χ1n) is 8.86. The van der Waals surface area contributed by atoms with Crippen molar-refractivity contribution in [2.45, 2.75) is 31.1 Å². The molecule has 2 N–H and O–H groups in total. The summed E-state index contributed by atoms with van der Waals surface area (Å²) in [5, 5.41) is 14.4. The number of halogens is 1. The topological polar surface area (TPSA) is 86.2 Å². The van der Waals surface area contributed by atoms with Gasteiger partial charge in [0.2, 0.25) is 0 Å². The van der Waals surface area contributed by atoms with Crippen molar-refractivity contribution >= 4 is 23.1 Å². The maximum Gasteiger partial charge on any atom is 0.256 e. The quantitative estimate of drug-likeness (QED) is 0.799. The number of hydrogen-bond acceptors (Lipinski definition) is 6. The van der Waals surface area contributed by atoms with Crippen LogP contribution >= 0.6 is 11.6 Å². The third-order valence-electron chi connectivity index (χ3n) is 5.42. The number of carbonyl (C=O) groups is 1. The second-order valence-electron chi connectivity index (χ2n) is 7.16. The standard InChI is InChI=1S/C19H22ClNO6/c1-11-7-12(20)8-13(24-2)14(11)15-16(22)18(21-17(15)23)9-26-19(27-10-18)3-5-25-6-4-19/h7-8,22H,3-6,9-10H2,1-2H3,(H,21,23). The monoisotopic (exact) mass is 395 g/mol. The Labute approximate surface area is 162 Å². The zero-order valence-electron chi connectivity index (χ0n) is 15.3. The highest BCUT2D eigenvalue weighted by atomic mass is 35.5. The lowest BCUT2D eigenvalue weighted by Crippen LogP contribution is -2.61. The van der Waals surface area contributed by atoms with Crippen molar-refractivity contribution in [2.75, 3.05) is 33.5 Å². The van der Waals surface area contributed by atoms with E-state index in [-0.39, 0.29) is 24.5 Å². The van der Waals surface area contributed by atoms with Gasteiger partial charge in [0.05, 0.1) is 39.1 Å². The van der Waals surface area contributed by atoms with Gasteiger partial charge in [0, 0.05) is 23.4 Å². The van der Waals surface area contributed by atoms with Crippen LogP contribution in [0.2, 0.25) is 5.02 Å². The SMILES string of the molecule is COc1cc(Cl)cc(C)c1C1=C(O)C2(COC3(CCOCC3)OC2)NC1=O. The Kier molecular flexibility index (Phi) is 4.58. The molecule has 0 aliphatic carbocycles. The zero-order chi connectivity index (χ0) is 19.2. The smallest absolute Gasteiger partial charge is 0.256 e. The van der Waals surface area contributed by atoms with E-state index in [2.05, 4.69) is 5.32 Å². The van der Waals surface area contributed by atoms with Crippen LogP contribution in [0.15, 0.2) is 17.9 Å². The number of amides is 1. The molecule has 4 rings (SSSR count). The fourth-order valence-electron chi connectivity index (χ4n) is 3.88. The number of aryl methyl sites for hydroxylation is 1. The molecule has 1 aromatic rings. The van der Waals surface area contributed by atoms with Crippen molar-refractivity contribution in [3.05, 3.63) is 34.0 Å². The van der Waals surface area contributed by atoms with Gasteiger partial charge >= 0.3 is 0 Å². The van der Waals surface area contributed by atoms with E-state index in [9.17, 15) is 9.90 Å². The third-order valence-corrected chi connectivity index (χ3v) is 5.64. The van der Waals surface area contributed by atoms with Crippen LogP contribution in [0.5, 0.6) is 5.75 Å². The van der Waals surface area contributed by atoms with E-state index in [4.69, 9.17) is 30.5 Å². The van der Waals surface area contributed by atoms with Crippen LogP contribution in [0, 0.1) is 6.92 Å². The van der Waals surface area contributed by atoms with Crippen LogP contribution < -0.4 is 10.1 Å². The molecule has 2 saturated heterocycles. The fraction of sp³-hybridized carbons (Fsp3) is 0.526. The number of rotatable bonds is 2. The molecule has 7 nitrogen and oxygen atoms in total. The van der Waals surface area contributed by atoms with Gasteiger partial charge in [-0.2, -0.15) is 0 Å². The highest BCUT2D eigenvalue weighted by Crippen LogP contribution is 2.43. The van der Waals surface area contributed by atoms with Gasteiger partial charge in [-0.3, -0.25) is 4.79 Å². The number of hydrogen-bond donors (Lipinski definition) is 2. The zero-order valence-corrected chi connectivity index (χ0v) is 16.0. The molecule has 3 aliphatic heterocycles. The summed E-state index contributed by atoms with van der Waals surface area (Å²) >= 11 is 6.10. The number of methoxy groups -OCH3 is 1. The normalized spacial score (nSPS) is 23.7. The van der Waals surface area contributed by atoms with Crippen LogP contribution in [0.4, 0.5) is 0 Å². The second kappa shape index (κ2) is 6.67. The minimum atomic E-state index is -1.10. The minimum absolute atomic E-state index is 0.0990. The van der Waals surface area contributed by atoms with E-state index >= 15 is 0 Å². The number of carbonyl (C=O) groups excluding carboxylic acids is 1. The van der Waals surface area contributed by atoms with E-state index in [1.807, 2.05) is 6.92 Å². The Balaban J connectivity index is 1.70. The molecule has 27 heavy (non-hydrogen) atoms. The molecule has 0 unspecified atom stereocenters. The Morgan fingerprint density at radius 3 is 2.52 bits per heavy atom. The van der Waals surface area contributed by atoms with Crippen LogP contribution in [-0.4, -0.2) is 55.9 Å². The summed E-state index contributed by atoms with van der Waals surface area (Å²) in [7, 11) is 1.50. The molecule has 0 atom stereocenters. The lowest BCUT2D eigenvalue weighted by Gasteiger charge is -2.46. The second-order valence-corrected chi connectivity index (χ2v) is 7.60. The minimum Gasteiger partial charge on any atom is -0.509 e. The van der Waals surface area contributed by atoms with Crippen LogP contribution in [-0.2, 0) is 19.0 Å². The predicted octanol–water partition coefficient (Wildman–Crippen LogP) is 2.35. The van der Waals surface area contributed by atoms with Crippen molar-refractivity contribution in [1.29, 1.82) is 0 Å². The molecule has 0 bridgehead atoms. The Morgan fingerprint density at radius 2 is 1.89 bits per heavy atom. The van der Waals surface area contributed by atoms with Crippen molar-refractivity contribution in [3.63, 3.8) is 0 Å². The molecule has 8 heteroatoms. The van der Waals surface area contributed by atoms with Gasteiger partial charge in [0.1, 0.15) is 17.0 Å². The van der Waals surface area contributed by atoms with E-state index < -0.39 is 17.2 Å². The first-order chi connectivity index (χ1) is 12.9. The summed E-state index contributed by atoms with van der Waals surface area (Å²) in [6.45, 7) is 3.19. The molecule has 0 saturated carbocycles. The number of aliphatic hydroxyl groups is 1. The van der Waals surface area contributed by atoms with Crippen molar-refractivity contribution in [1.82, 2.24) is 5.32 Å². The maximum absolute atomic E-state index is 12.8. The van der Waals surface area contributed by atoms with Gasteiger partial charge < -0.3 is 29.4 Å². The molecule has 146 valence electrons. The van der Waals surface area contributed by atoms with E-state index in [0.717, 1.165) is 5.56 Å². The molecule has 1 amide bonds. The lowest BCUT2D eigenvalue weighted by atomic mass is 9.93. The van der Waals surface area contributed by atoms with Gasteiger partial charge in [0.15, 0.2) is 5.79 Å². The van der Waals surface area contributed by atoms with Crippen molar-refractivity contribution in [3.8, 4) is 5.75 Å². The van der Waals surface area contributed by atoms with Gasteiger partial charge in [-0.1, -0.05) is 11.6 Å². The fourth-order valence-corrected chi connectivity index (χ4v) is 4.15. The molecule has 0 aromatic heterocycles. The Hall–Kier alpha value is -1.80. The van der Waals surface area contributed by atoms with Crippen LogP contribution in [0.1, 0.15) is 24.0 Å². The first kappa shape index (κ1) is 18.6. The number of ether oxygens (including phenoxy) is 4. The molecular weight excluding hydrogens is 374 g/mol. The summed E-state index contributed by atoms with van der Waals surface area (Å²) in [6.07, 6.45) is 1.25. The largest absolute Gasteiger partial charge is 0.509 e. The number of benzene rings is 1. The molecular formula is C19H22ClNO6. The highest BCUT2D eigenvalue weighted by Gasteiger charge is 2.53.